The lowest BCUT2D eigenvalue weighted by atomic mass is 10.1. The fourth-order valence-electron chi connectivity index (χ4n) is 2.42. The SMILES string of the molecule is Cc1cccc(C(=O)OCC(=O)N(C)C2CCS(=O)(=O)C2)c1O. The van der Waals surface area contributed by atoms with E-state index in [1.165, 1.54) is 18.0 Å². The Hall–Kier alpha value is -2.09. The molecule has 1 amide bonds. The molecule has 1 aromatic carbocycles. The van der Waals surface area contributed by atoms with Crippen molar-refractivity contribution in [3.63, 3.8) is 0 Å². The topological polar surface area (TPSA) is 101 Å². The number of nitrogens with zero attached hydrogens (tertiary/aromatic N) is 1. The zero-order valence-corrected chi connectivity index (χ0v) is 13.8. The highest BCUT2D eigenvalue weighted by molar-refractivity contribution is 7.91. The second kappa shape index (κ2) is 6.57. The van der Waals surface area contributed by atoms with Crippen LogP contribution >= 0.6 is 0 Å². The highest BCUT2D eigenvalue weighted by atomic mass is 32.2. The van der Waals surface area contributed by atoms with Crippen molar-refractivity contribution in [2.24, 2.45) is 0 Å². The molecule has 1 heterocycles. The summed E-state index contributed by atoms with van der Waals surface area (Å²) in [5.74, 6) is -1.46. The molecule has 1 aliphatic rings. The first-order chi connectivity index (χ1) is 10.7. The first-order valence-electron chi connectivity index (χ1n) is 7.13. The van der Waals surface area contributed by atoms with Gasteiger partial charge in [0.15, 0.2) is 16.4 Å². The summed E-state index contributed by atoms with van der Waals surface area (Å²) in [7, 11) is -1.60. The van der Waals surface area contributed by atoms with E-state index in [0.717, 1.165) is 0 Å². The van der Waals surface area contributed by atoms with E-state index in [9.17, 15) is 23.1 Å². The summed E-state index contributed by atoms with van der Waals surface area (Å²) in [5.41, 5.74) is 0.517. The minimum Gasteiger partial charge on any atom is -0.507 e. The van der Waals surface area contributed by atoms with Crippen LogP contribution in [0.4, 0.5) is 0 Å². The van der Waals surface area contributed by atoms with Crippen LogP contribution in [0.1, 0.15) is 22.3 Å². The van der Waals surface area contributed by atoms with Gasteiger partial charge in [-0.2, -0.15) is 0 Å². The van der Waals surface area contributed by atoms with Gasteiger partial charge in [0.2, 0.25) is 0 Å². The van der Waals surface area contributed by atoms with Gasteiger partial charge in [0, 0.05) is 13.1 Å². The standard InChI is InChI=1S/C15H19NO6S/c1-10-4-3-5-12(14(10)18)15(19)22-8-13(17)16(2)11-6-7-23(20,21)9-11/h3-5,11,18H,6-9H2,1-2H3. The number of carbonyl (C=O) groups excluding carboxylic acids is 2. The predicted octanol–water partition coefficient (Wildman–Crippen LogP) is 0.503. The van der Waals surface area contributed by atoms with Crippen molar-refractivity contribution in [2.75, 3.05) is 25.2 Å². The third kappa shape index (κ3) is 4.01. The van der Waals surface area contributed by atoms with Crippen molar-refractivity contribution < 1.29 is 27.9 Å². The van der Waals surface area contributed by atoms with Crippen molar-refractivity contribution in [3.8, 4) is 5.75 Å². The molecule has 1 atom stereocenters. The van der Waals surface area contributed by atoms with Crippen molar-refractivity contribution in [1.29, 1.82) is 0 Å². The number of hydrogen-bond acceptors (Lipinski definition) is 6. The molecular weight excluding hydrogens is 322 g/mol. The van der Waals surface area contributed by atoms with Gasteiger partial charge in [0.25, 0.3) is 5.91 Å². The maximum Gasteiger partial charge on any atom is 0.342 e. The van der Waals surface area contributed by atoms with Crippen LogP contribution in [0.2, 0.25) is 0 Å². The summed E-state index contributed by atoms with van der Waals surface area (Å²) in [5, 5.41) is 9.81. The molecule has 0 radical (unpaired) electrons. The monoisotopic (exact) mass is 341 g/mol. The molecule has 2 rings (SSSR count). The Balaban J connectivity index is 1.94. The minimum absolute atomic E-state index is 0.0103. The number of hydrogen-bond donors (Lipinski definition) is 1. The molecular formula is C15H19NO6S. The summed E-state index contributed by atoms with van der Waals surface area (Å²) in [6.07, 6.45) is 0.386. The summed E-state index contributed by atoms with van der Waals surface area (Å²) in [6, 6.07) is 4.26. The van der Waals surface area contributed by atoms with Crippen LogP contribution in [0.5, 0.6) is 5.75 Å². The Kier molecular flexibility index (Phi) is 4.93. The number of aromatic hydroxyl groups is 1. The fraction of sp³-hybridized carbons (Fsp3) is 0.467. The van der Waals surface area contributed by atoms with E-state index in [4.69, 9.17) is 4.74 Å². The fourth-order valence-corrected chi connectivity index (χ4v) is 4.19. The van der Waals surface area contributed by atoms with Gasteiger partial charge in [0.1, 0.15) is 11.3 Å². The van der Waals surface area contributed by atoms with E-state index in [1.54, 1.807) is 19.1 Å². The number of phenols is 1. The molecule has 1 fully saturated rings. The van der Waals surface area contributed by atoms with E-state index in [-0.39, 0.29) is 22.8 Å². The number of likely N-dealkylation sites (N-methyl/N-ethyl adjacent to an activating group) is 1. The van der Waals surface area contributed by atoms with Crippen LogP contribution in [0.15, 0.2) is 18.2 Å². The van der Waals surface area contributed by atoms with Gasteiger partial charge in [0.05, 0.1) is 11.5 Å². The average Bonchev–Trinajstić information content (AvgIpc) is 2.86. The van der Waals surface area contributed by atoms with E-state index in [1.807, 2.05) is 0 Å². The third-order valence-electron chi connectivity index (χ3n) is 3.93. The number of amides is 1. The molecule has 1 unspecified atom stereocenters. The predicted molar refractivity (Wildman–Crippen MR) is 83.0 cm³/mol. The Bertz CT molecular complexity index is 727. The van der Waals surface area contributed by atoms with Crippen LogP contribution in [0.25, 0.3) is 0 Å². The lowest BCUT2D eigenvalue weighted by Crippen LogP contribution is -2.40. The van der Waals surface area contributed by atoms with E-state index in [2.05, 4.69) is 0 Å². The van der Waals surface area contributed by atoms with Crippen molar-refractivity contribution >= 4 is 21.7 Å². The molecule has 0 aliphatic carbocycles. The molecule has 23 heavy (non-hydrogen) atoms. The number of ether oxygens (including phenoxy) is 1. The van der Waals surface area contributed by atoms with Gasteiger partial charge in [-0.3, -0.25) is 4.79 Å². The van der Waals surface area contributed by atoms with Crippen molar-refractivity contribution in [1.82, 2.24) is 4.90 Å². The molecule has 0 bridgehead atoms. The number of esters is 1. The lowest BCUT2D eigenvalue weighted by molar-refractivity contribution is -0.134. The number of benzene rings is 1. The van der Waals surface area contributed by atoms with Crippen LogP contribution in [-0.4, -0.2) is 61.5 Å². The lowest BCUT2D eigenvalue weighted by Gasteiger charge is -2.23. The summed E-state index contributed by atoms with van der Waals surface area (Å²) >= 11 is 0. The molecule has 1 N–H and O–H groups in total. The molecule has 0 saturated carbocycles. The van der Waals surface area contributed by atoms with Crippen LogP contribution in [0.3, 0.4) is 0 Å². The number of carbonyl (C=O) groups is 2. The van der Waals surface area contributed by atoms with Crippen molar-refractivity contribution in [2.45, 2.75) is 19.4 Å². The molecule has 0 spiro atoms. The van der Waals surface area contributed by atoms with Gasteiger partial charge in [-0.25, -0.2) is 13.2 Å². The highest BCUT2D eigenvalue weighted by Crippen LogP contribution is 2.22. The normalized spacial score (nSPS) is 19.3. The van der Waals surface area contributed by atoms with E-state index >= 15 is 0 Å². The number of rotatable bonds is 4. The zero-order chi connectivity index (χ0) is 17.2. The zero-order valence-electron chi connectivity index (χ0n) is 13.0. The summed E-state index contributed by atoms with van der Waals surface area (Å²) in [6.45, 7) is 1.14. The van der Waals surface area contributed by atoms with Gasteiger partial charge in [-0.05, 0) is 25.0 Å². The Labute approximate surface area is 134 Å². The maximum atomic E-state index is 12.0. The highest BCUT2D eigenvalue weighted by Gasteiger charge is 2.33. The molecule has 1 aliphatic heterocycles. The number of sulfone groups is 1. The molecule has 7 nitrogen and oxygen atoms in total. The Morgan fingerprint density at radius 3 is 2.70 bits per heavy atom. The largest absolute Gasteiger partial charge is 0.507 e. The number of phenolic OH excluding ortho intramolecular Hbond substituents is 1. The second-order valence-corrected chi connectivity index (χ2v) is 7.84. The quantitative estimate of drug-likeness (QED) is 0.801. The molecule has 0 aromatic heterocycles. The first kappa shape index (κ1) is 17.3. The van der Waals surface area contributed by atoms with Gasteiger partial charge < -0.3 is 14.7 Å². The molecule has 126 valence electrons. The second-order valence-electron chi connectivity index (χ2n) is 5.61. The van der Waals surface area contributed by atoms with Crippen molar-refractivity contribution in [3.05, 3.63) is 29.3 Å². The van der Waals surface area contributed by atoms with E-state index < -0.39 is 34.4 Å². The third-order valence-corrected chi connectivity index (χ3v) is 5.68. The Morgan fingerprint density at radius 2 is 2.09 bits per heavy atom. The maximum absolute atomic E-state index is 12.0. The minimum atomic E-state index is -3.09. The smallest absolute Gasteiger partial charge is 0.342 e. The average molecular weight is 341 g/mol. The Morgan fingerprint density at radius 1 is 1.39 bits per heavy atom. The van der Waals surface area contributed by atoms with Crippen LogP contribution < -0.4 is 0 Å². The van der Waals surface area contributed by atoms with Gasteiger partial charge >= 0.3 is 5.97 Å². The summed E-state index contributed by atoms with van der Waals surface area (Å²) < 4.78 is 27.8. The summed E-state index contributed by atoms with van der Waals surface area (Å²) in [4.78, 5) is 25.2. The first-order valence-corrected chi connectivity index (χ1v) is 8.95. The number of para-hydroxylation sites is 1. The molecule has 1 saturated heterocycles. The van der Waals surface area contributed by atoms with Crippen LogP contribution in [-0.2, 0) is 19.4 Å². The van der Waals surface area contributed by atoms with E-state index in [0.29, 0.717) is 12.0 Å². The van der Waals surface area contributed by atoms with Gasteiger partial charge in [-0.15, -0.1) is 0 Å². The molecule has 1 aromatic rings. The number of aryl methyl sites for hydroxylation is 1. The van der Waals surface area contributed by atoms with Crippen LogP contribution in [0, 0.1) is 6.92 Å². The molecule has 8 heteroatoms. The van der Waals surface area contributed by atoms with Gasteiger partial charge in [-0.1, -0.05) is 12.1 Å².